The van der Waals surface area contributed by atoms with Crippen LogP contribution >= 0.6 is 0 Å². The minimum Gasteiger partial charge on any atom is -0.439 e. The van der Waals surface area contributed by atoms with E-state index in [9.17, 15) is 18.0 Å². The van der Waals surface area contributed by atoms with Crippen molar-refractivity contribution in [2.75, 3.05) is 7.11 Å². The van der Waals surface area contributed by atoms with Crippen molar-refractivity contribution in [1.82, 2.24) is 10.5 Å². The van der Waals surface area contributed by atoms with Crippen LogP contribution in [0.3, 0.4) is 0 Å². The quantitative estimate of drug-likeness (QED) is 0.881. The first-order valence-corrected chi connectivity index (χ1v) is 6.04. The van der Waals surface area contributed by atoms with E-state index in [0.29, 0.717) is 17.5 Å². The van der Waals surface area contributed by atoms with Crippen LogP contribution in [0.5, 0.6) is 11.6 Å². The Balaban J connectivity index is 2.06. The second-order valence-electron chi connectivity index (χ2n) is 4.14. The standard InChI is InChI=1S/C14H11F3N2O3/c1-21-19-13(20)9-2-5-11(6-3-9)22-12-7-4-10(8-18-12)14(15,16)17/h2-8H,1H3,(H,19,20). The molecule has 0 radical (unpaired) electrons. The second-order valence-corrected chi connectivity index (χ2v) is 4.14. The molecule has 5 nitrogen and oxygen atoms in total. The van der Waals surface area contributed by atoms with Gasteiger partial charge in [-0.2, -0.15) is 13.2 Å². The molecule has 0 spiro atoms. The zero-order chi connectivity index (χ0) is 16.2. The van der Waals surface area contributed by atoms with Gasteiger partial charge in [0.25, 0.3) is 5.91 Å². The van der Waals surface area contributed by atoms with E-state index in [1.165, 1.54) is 31.4 Å². The number of hydroxylamine groups is 1. The largest absolute Gasteiger partial charge is 0.439 e. The average molecular weight is 312 g/mol. The monoisotopic (exact) mass is 312 g/mol. The Morgan fingerprint density at radius 3 is 2.32 bits per heavy atom. The minimum absolute atomic E-state index is 0.0158. The lowest BCUT2D eigenvalue weighted by molar-refractivity contribution is -0.137. The molecule has 8 heteroatoms. The molecular formula is C14H11F3N2O3. The normalized spacial score (nSPS) is 11.1. The van der Waals surface area contributed by atoms with E-state index < -0.39 is 17.6 Å². The van der Waals surface area contributed by atoms with Crippen LogP contribution in [0.4, 0.5) is 13.2 Å². The summed E-state index contributed by atoms with van der Waals surface area (Å²) in [6.07, 6.45) is -3.75. The van der Waals surface area contributed by atoms with Gasteiger partial charge < -0.3 is 4.74 Å². The van der Waals surface area contributed by atoms with Crippen LogP contribution in [0.1, 0.15) is 15.9 Å². The van der Waals surface area contributed by atoms with Crippen molar-refractivity contribution in [1.29, 1.82) is 0 Å². The molecule has 1 aromatic heterocycles. The summed E-state index contributed by atoms with van der Waals surface area (Å²) in [5.74, 6) is -0.0787. The van der Waals surface area contributed by atoms with E-state index in [1.807, 2.05) is 0 Å². The molecule has 116 valence electrons. The third kappa shape index (κ3) is 3.95. The Hall–Kier alpha value is -2.61. The van der Waals surface area contributed by atoms with E-state index in [-0.39, 0.29) is 5.88 Å². The van der Waals surface area contributed by atoms with Crippen LogP contribution < -0.4 is 10.2 Å². The van der Waals surface area contributed by atoms with Gasteiger partial charge in [-0.25, -0.2) is 10.5 Å². The molecule has 0 unspecified atom stereocenters. The Bertz CT molecular complexity index is 640. The molecule has 2 rings (SSSR count). The lowest BCUT2D eigenvalue weighted by Gasteiger charge is -2.08. The first-order valence-electron chi connectivity index (χ1n) is 6.04. The molecule has 1 heterocycles. The highest BCUT2D eigenvalue weighted by atomic mass is 19.4. The summed E-state index contributed by atoms with van der Waals surface area (Å²) < 4.78 is 42.5. The Morgan fingerprint density at radius 1 is 1.14 bits per heavy atom. The number of halogens is 3. The van der Waals surface area contributed by atoms with Crippen molar-refractivity contribution >= 4 is 5.91 Å². The number of amides is 1. The summed E-state index contributed by atoms with van der Waals surface area (Å²) in [5, 5.41) is 0. The van der Waals surface area contributed by atoms with Crippen molar-refractivity contribution in [3.63, 3.8) is 0 Å². The van der Waals surface area contributed by atoms with E-state index >= 15 is 0 Å². The van der Waals surface area contributed by atoms with Gasteiger partial charge in [0.1, 0.15) is 5.75 Å². The third-order valence-corrected chi connectivity index (χ3v) is 2.60. The molecule has 0 aliphatic rings. The number of carbonyl (C=O) groups excluding carboxylic acids is 1. The molecule has 0 fully saturated rings. The van der Waals surface area contributed by atoms with Crippen LogP contribution in [0, 0.1) is 0 Å². The number of nitrogens with zero attached hydrogens (tertiary/aromatic N) is 1. The Morgan fingerprint density at radius 2 is 1.82 bits per heavy atom. The van der Waals surface area contributed by atoms with Gasteiger partial charge in [-0.3, -0.25) is 9.63 Å². The molecule has 2 aromatic rings. The zero-order valence-electron chi connectivity index (χ0n) is 11.3. The fourth-order valence-corrected chi connectivity index (χ4v) is 1.56. The molecule has 1 N–H and O–H groups in total. The van der Waals surface area contributed by atoms with Gasteiger partial charge in [-0.1, -0.05) is 0 Å². The summed E-state index contributed by atoms with van der Waals surface area (Å²) in [5.41, 5.74) is 1.64. The van der Waals surface area contributed by atoms with Gasteiger partial charge in [0.15, 0.2) is 0 Å². The molecule has 1 amide bonds. The van der Waals surface area contributed by atoms with Crippen molar-refractivity contribution in [3.8, 4) is 11.6 Å². The fourth-order valence-electron chi connectivity index (χ4n) is 1.56. The molecular weight excluding hydrogens is 301 g/mol. The van der Waals surface area contributed by atoms with Crippen LogP contribution in [-0.4, -0.2) is 18.0 Å². The number of hydrogen-bond acceptors (Lipinski definition) is 4. The number of aromatic nitrogens is 1. The topological polar surface area (TPSA) is 60.5 Å². The molecule has 0 bridgehead atoms. The molecule has 0 saturated carbocycles. The van der Waals surface area contributed by atoms with E-state index in [0.717, 1.165) is 12.1 Å². The lowest BCUT2D eigenvalue weighted by Crippen LogP contribution is -2.21. The first-order chi connectivity index (χ1) is 10.4. The number of hydrogen-bond donors (Lipinski definition) is 1. The van der Waals surface area contributed by atoms with Crippen LogP contribution in [0.15, 0.2) is 42.6 Å². The van der Waals surface area contributed by atoms with Gasteiger partial charge in [-0.15, -0.1) is 0 Å². The predicted molar refractivity (Wildman–Crippen MR) is 70.2 cm³/mol. The highest BCUT2D eigenvalue weighted by Gasteiger charge is 2.30. The highest BCUT2D eigenvalue weighted by molar-refractivity contribution is 5.93. The van der Waals surface area contributed by atoms with Gasteiger partial charge in [0, 0.05) is 17.8 Å². The van der Waals surface area contributed by atoms with E-state index in [2.05, 4.69) is 15.3 Å². The second kappa shape index (κ2) is 6.44. The summed E-state index contributed by atoms with van der Waals surface area (Å²) in [7, 11) is 1.31. The molecule has 0 saturated heterocycles. The first kappa shape index (κ1) is 15.8. The maximum absolute atomic E-state index is 12.4. The van der Waals surface area contributed by atoms with Gasteiger partial charge >= 0.3 is 6.18 Å². The molecule has 1 aromatic carbocycles. The van der Waals surface area contributed by atoms with Crippen molar-refractivity contribution in [3.05, 3.63) is 53.7 Å². The number of benzene rings is 1. The number of carbonyl (C=O) groups is 1. The molecule has 0 aliphatic carbocycles. The molecule has 22 heavy (non-hydrogen) atoms. The van der Waals surface area contributed by atoms with E-state index in [4.69, 9.17) is 4.74 Å². The Labute approximate surface area is 123 Å². The Kier molecular flexibility index (Phi) is 4.62. The lowest BCUT2D eigenvalue weighted by atomic mass is 10.2. The van der Waals surface area contributed by atoms with Crippen LogP contribution in [-0.2, 0) is 11.0 Å². The zero-order valence-corrected chi connectivity index (χ0v) is 11.3. The van der Waals surface area contributed by atoms with Gasteiger partial charge in [0.2, 0.25) is 5.88 Å². The number of rotatable bonds is 4. The number of ether oxygens (including phenoxy) is 1. The SMILES string of the molecule is CONC(=O)c1ccc(Oc2ccc(C(F)(F)F)cn2)cc1. The predicted octanol–water partition coefficient (Wildman–Crippen LogP) is 3.18. The minimum atomic E-state index is -4.44. The smallest absolute Gasteiger partial charge is 0.417 e. The summed E-state index contributed by atoms with van der Waals surface area (Å²) in [4.78, 5) is 19.5. The number of nitrogens with one attached hydrogen (secondary N) is 1. The number of pyridine rings is 1. The molecule has 0 aliphatic heterocycles. The van der Waals surface area contributed by atoms with Crippen LogP contribution in [0.25, 0.3) is 0 Å². The fraction of sp³-hybridized carbons (Fsp3) is 0.143. The van der Waals surface area contributed by atoms with E-state index in [1.54, 1.807) is 0 Å². The average Bonchev–Trinajstić information content (AvgIpc) is 2.48. The highest BCUT2D eigenvalue weighted by Crippen LogP contribution is 2.30. The maximum atomic E-state index is 12.4. The van der Waals surface area contributed by atoms with Crippen molar-refractivity contribution in [2.45, 2.75) is 6.18 Å². The summed E-state index contributed by atoms with van der Waals surface area (Å²) >= 11 is 0. The number of alkyl halides is 3. The third-order valence-electron chi connectivity index (χ3n) is 2.60. The van der Waals surface area contributed by atoms with Gasteiger partial charge in [-0.05, 0) is 30.3 Å². The molecule has 0 atom stereocenters. The summed E-state index contributed by atoms with van der Waals surface area (Å²) in [6.45, 7) is 0. The van der Waals surface area contributed by atoms with Crippen molar-refractivity contribution in [2.24, 2.45) is 0 Å². The van der Waals surface area contributed by atoms with Crippen molar-refractivity contribution < 1.29 is 27.5 Å². The maximum Gasteiger partial charge on any atom is 0.417 e. The summed E-state index contributed by atoms with van der Waals surface area (Å²) in [6, 6.07) is 7.94. The van der Waals surface area contributed by atoms with Gasteiger partial charge in [0.05, 0.1) is 12.7 Å². The van der Waals surface area contributed by atoms with Crippen LogP contribution in [0.2, 0.25) is 0 Å².